The Morgan fingerprint density at radius 2 is 1.79 bits per heavy atom. The van der Waals surface area contributed by atoms with Crippen LogP contribution in [-0.2, 0) is 0 Å². The molecule has 2 fully saturated rings. The van der Waals surface area contributed by atoms with Gasteiger partial charge in [0.1, 0.15) is 0 Å². The van der Waals surface area contributed by atoms with E-state index in [-0.39, 0.29) is 5.54 Å². The standard InChI is InChI=1S/C16H33N3/c1-13-5-7-14(8-6-13)15(11-17)19-10-9-18(4)16(2,3)12-19/h13-15H,5-12,17H2,1-4H3. The van der Waals surface area contributed by atoms with Crippen LogP contribution in [0.1, 0.15) is 46.5 Å². The Bertz CT molecular complexity index is 282. The zero-order valence-corrected chi connectivity index (χ0v) is 13.4. The molecular weight excluding hydrogens is 234 g/mol. The minimum absolute atomic E-state index is 0.285. The lowest BCUT2D eigenvalue weighted by atomic mass is 9.78. The molecule has 1 saturated carbocycles. The third-order valence-corrected chi connectivity index (χ3v) is 5.66. The molecule has 1 heterocycles. The molecule has 1 saturated heterocycles. The van der Waals surface area contributed by atoms with E-state index in [0.29, 0.717) is 6.04 Å². The molecule has 0 aromatic rings. The van der Waals surface area contributed by atoms with Crippen molar-refractivity contribution in [3.05, 3.63) is 0 Å². The van der Waals surface area contributed by atoms with Crippen molar-refractivity contribution >= 4 is 0 Å². The number of hydrogen-bond donors (Lipinski definition) is 1. The molecule has 1 atom stereocenters. The van der Waals surface area contributed by atoms with Crippen LogP contribution in [0.4, 0.5) is 0 Å². The predicted octanol–water partition coefficient (Wildman–Crippen LogP) is 2.17. The lowest BCUT2D eigenvalue weighted by Gasteiger charge is -2.50. The van der Waals surface area contributed by atoms with Gasteiger partial charge in [-0.15, -0.1) is 0 Å². The van der Waals surface area contributed by atoms with Crippen molar-refractivity contribution in [3.63, 3.8) is 0 Å². The van der Waals surface area contributed by atoms with E-state index in [0.717, 1.165) is 24.9 Å². The van der Waals surface area contributed by atoms with Crippen molar-refractivity contribution in [1.82, 2.24) is 9.80 Å². The van der Waals surface area contributed by atoms with Gasteiger partial charge < -0.3 is 5.73 Å². The summed E-state index contributed by atoms with van der Waals surface area (Å²) in [6.07, 6.45) is 5.57. The minimum atomic E-state index is 0.285. The highest BCUT2D eigenvalue weighted by Crippen LogP contribution is 2.33. The molecule has 1 aliphatic heterocycles. The maximum atomic E-state index is 6.14. The lowest BCUT2D eigenvalue weighted by molar-refractivity contribution is -0.00272. The molecule has 2 aliphatic rings. The summed E-state index contributed by atoms with van der Waals surface area (Å²) >= 11 is 0. The molecule has 3 heteroatoms. The highest BCUT2D eigenvalue weighted by Gasteiger charge is 2.37. The summed E-state index contributed by atoms with van der Waals surface area (Å²) in [6, 6.07) is 0.612. The third kappa shape index (κ3) is 3.50. The van der Waals surface area contributed by atoms with Crippen LogP contribution in [0, 0.1) is 11.8 Å². The monoisotopic (exact) mass is 267 g/mol. The first-order chi connectivity index (χ1) is 8.94. The summed E-state index contributed by atoms with van der Waals surface area (Å²) < 4.78 is 0. The minimum Gasteiger partial charge on any atom is -0.329 e. The van der Waals surface area contributed by atoms with Crippen LogP contribution in [0.15, 0.2) is 0 Å². The van der Waals surface area contributed by atoms with Crippen LogP contribution in [0.2, 0.25) is 0 Å². The number of hydrogen-bond acceptors (Lipinski definition) is 3. The Morgan fingerprint density at radius 3 is 2.32 bits per heavy atom. The Hall–Kier alpha value is -0.120. The van der Waals surface area contributed by atoms with Gasteiger partial charge in [0.2, 0.25) is 0 Å². The van der Waals surface area contributed by atoms with Gasteiger partial charge in [-0.05, 0) is 45.6 Å². The average molecular weight is 267 g/mol. The Kier molecular flexibility index (Phi) is 4.91. The lowest BCUT2D eigenvalue weighted by Crippen LogP contribution is -2.62. The summed E-state index contributed by atoms with van der Waals surface area (Å²) in [7, 11) is 2.25. The van der Waals surface area contributed by atoms with Gasteiger partial charge in [0, 0.05) is 37.8 Å². The first kappa shape index (κ1) is 15.3. The van der Waals surface area contributed by atoms with Gasteiger partial charge in [0.05, 0.1) is 0 Å². The van der Waals surface area contributed by atoms with Gasteiger partial charge in [0.15, 0.2) is 0 Å². The van der Waals surface area contributed by atoms with Gasteiger partial charge in [-0.1, -0.05) is 19.8 Å². The molecule has 1 unspecified atom stereocenters. The second-order valence-corrected chi connectivity index (χ2v) is 7.53. The normalized spacial score (nSPS) is 35.2. The highest BCUT2D eigenvalue weighted by atomic mass is 15.3. The molecule has 19 heavy (non-hydrogen) atoms. The van der Waals surface area contributed by atoms with E-state index in [1.54, 1.807) is 0 Å². The first-order valence-corrected chi connectivity index (χ1v) is 8.09. The molecule has 2 rings (SSSR count). The number of nitrogens with zero attached hydrogens (tertiary/aromatic N) is 2. The quantitative estimate of drug-likeness (QED) is 0.850. The van der Waals surface area contributed by atoms with Gasteiger partial charge in [-0.2, -0.15) is 0 Å². The third-order valence-electron chi connectivity index (χ3n) is 5.66. The Balaban J connectivity index is 1.98. The highest BCUT2D eigenvalue weighted by molar-refractivity contribution is 4.93. The van der Waals surface area contributed by atoms with E-state index < -0.39 is 0 Å². The molecule has 2 N–H and O–H groups in total. The van der Waals surface area contributed by atoms with Crippen molar-refractivity contribution in [3.8, 4) is 0 Å². The summed E-state index contributed by atoms with van der Waals surface area (Å²) in [6.45, 7) is 11.5. The van der Waals surface area contributed by atoms with Crippen LogP contribution in [0.25, 0.3) is 0 Å². The second-order valence-electron chi connectivity index (χ2n) is 7.53. The zero-order valence-electron chi connectivity index (χ0n) is 13.4. The van der Waals surface area contributed by atoms with E-state index >= 15 is 0 Å². The largest absolute Gasteiger partial charge is 0.329 e. The average Bonchev–Trinajstić information content (AvgIpc) is 2.36. The number of piperazine rings is 1. The second kappa shape index (κ2) is 6.11. The molecule has 0 radical (unpaired) electrons. The van der Waals surface area contributed by atoms with E-state index in [4.69, 9.17) is 5.73 Å². The molecule has 0 aromatic heterocycles. The summed E-state index contributed by atoms with van der Waals surface area (Å²) in [5, 5.41) is 0. The number of likely N-dealkylation sites (N-methyl/N-ethyl adjacent to an activating group) is 1. The van der Waals surface area contributed by atoms with Crippen molar-refractivity contribution in [1.29, 1.82) is 0 Å². The fourth-order valence-electron chi connectivity index (χ4n) is 3.87. The summed E-state index contributed by atoms with van der Waals surface area (Å²) in [5.41, 5.74) is 6.42. The van der Waals surface area contributed by atoms with Gasteiger partial charge in [-0.3, -0.25) is 9.80 Å². The van der Waals surface area contributed by atoms with E-state index in [2.05, 4.69) is 37.6 Å². The summed E-state index contributed by atoms with van der Waals surface area (Å²) in [4.78, 5) is 5.17. The fraction of sp³-hybridized carbons (Fsp3) is 1.00. The smallest absolute Gasteiger partial charge is 0.0277 e. The molecular formula is C16H33N3. The van der Waals surface area contributed by atoms with Crippen molar-refractivity contribution in [2.24, 2.45) is 17.6 Å². The molecule has 0 amide bonds. The van der Waals surface area contributed by atoms with Gasteiger partial charge in [0.25, 0.3) is 0 Å². The van der Waals surface area contributed by atoms with Crippen LogP contribution in [0.5, 0.6) is 0 Å². The first-order valence-electron chi connectivity index (χ1n) is 8.09. The van der Waals surface area contributed by atoms with Gasteiger partial charge in [-0.25, -0.2) is 0 Å². The fourth-order valence-corrected chi connectivity index (χ4v) is 3.87. The van der Waals surface area contributed by atoms with E-state index in [9.17, 15) is 0 Å². The van der Waals surface area contributed by atoms with Crippen LogP contribution < -0.4 is 5.73 Å². The van der Waals surface area contributed by atoms with Crippen LogP contribution in [-0.4, -0.2) is 54.6 Å². The molecule has 1 aliphatic carbocycles. The maximum absolute atomic E-state index is 6.14. The van der Waals surface area contributed by atoms with Crippen molar-refractivity contribution in [2.45, 2.75) is 58.0 Å². The zero-order chi connectivity index (χ0) is 14.0. The maximum Gasteiger partial charge on any atom is 0.0277 e. The van der Waals surface area contributed by atoms with Gasteiger partial charge >= 0.3 is 0 Å². The van der Waals surface area contributed by atoms with Crippen LogP contribution in [0.3, 0.4) is 0 Å². The van der Waals surface area contributed by atoms with E-state index in [1.165, 1.54) is 38.8 Å². The topological polar surface area (TPSA) is 32.5 Å². The SMILES string of the molecule is CC1CCC(C(CN)N2CCN(C)C(C)(C)C2)CC1. The molecule has 3 nitrogen and oxygen atoms in total. The predicted molar refractivity (Wildman–Crippen MR) is 82.2 cm³/mol. The van der Waals surface area contributed by atoms with Crippen LogP contribution >= 0.6 is 0 Å². The van der Waals surface area contributed by atoms with E-state index in [1.807, 2.05) is 0 Å². The Labute approximate surface area is 119 Å². The van der Waals surface area contributed by atoms with Crippen molar-refractivity contribution in [2.75, 3.05) is 33.2 Å². The molecule has 112 valence electrons. The number of rotatable bonds is 3. The van der Waals surface area contributed by atoms with Crippen molar-refractivity contribution < 1.29 is 0 Å². The summed E-state index contributed by atoms with van der Waals surface area (Å²) in [5.74, 6) is 1.76. The molecule has 0 bridgehead atoms. The molecule has 0 spiro atoms. The number of nitrogens with two attached hydrogens (primary N) is 1. The Morgan fingerprint density at radius 1 is 1.16 bits per heavy atom. The molecule has 0 aromatic carbocycles.